The fourth-order valence-corrected chi connectivity index (χ4v) is 2.64. The Balaban J connectivity index is 1.60. The number of carbonyl (C=O) groups is 1. The number of hydrogen-bond acceptors (Lipinski definition) is 4. The van der Waals surface area contributed by atoms with E-state index in [1.54, 1.807) is 30.1 Å². The third kappa shape index (κ3) is 4.21. The maximum atomic E-state index is 12.4. The number of carbonyl (C=O) groups excluding carboxylic acids is 1. The molecule has 0 radical (unpaired) electrons. The molecular formula is C19H19ClN4O2. The van der Waals surface area contributed by atoms with Crippen LogP contribution in [-0.4, -0.2) is 26.8 Å². The van der Waals surface area contributed by atoms with E-state index in [4.69, 9.17) is 16.3 Å². The second kappa shape index (κ2) is 8.01. The predicted molar refractivity (Wildman–Crippen MR) is 99.5 cm³/mol. The van der Waals surface area contributed by atoms with Crippen LogP contribution in [0, 0.1) is 0 Å². The molecule has 0 aliphatic heterocycles. The van der Waals surface area contributed by atoms with Crippen LogP contribution in [0.1, 0.15) is 25.5 Å². The second-order valence-electron chi connectivity index (χ2n) is 5.85. The summed E-state index contributed by atoms with van der Waals surface area (Å²) < 4.78 is 7.32. The largest absolute Gasteiger partial charge is 0.479 e. The van der Waals surface area contributed by atoms with Crippen LogP contribution < -0.4 is 10.1 Å². The number of halogens is 1. The van der Waals surface area contributed by atoms with Gasteiger partial charge in [-0.15, -0.1) is 0 Å². The first-order valence-electron chi connectivity index (χ1n) is 8.21. The Hall–Kier alpha value is -2.86. The van der Waals surface area contributed by atoms with Crippen molar-refractivity contribution in [2.24, 2.45) is 0 Å². The molecule has 7 heteroatoms. The van der Waals surface area contributed by atoms with Crippen molar-refractivity contribution < 1.29 is 9.53 Å². The van der Waals surface area contributed by atoms with Gasteiger partial charge in [-0.05, 0) is 43.7 Å². The standard InChI is InChI=1S/C19H19ClN4O2/c1-13(15-7-9-16(10-8-15)24-12-21-11-22-24)23-19(25)14(2)26-18-6-4-3-5-17(18)20/h3-14H,1-2H3,(H,23,25). The van der Waals surface area contributed by atoms with Gasteiger partial charge in [-0.3, -0.25) is 4.79 Å². The molecule has 3 rings (SSSR count). The van der Waals surface area contributed by atoms with Crippen LogP contribution >= 0.6 is 11.6 Å². The highest BCUT2D eigenvalue weighted by Crippen LogP contribution is 2.24. The van der Waals surface area contributed by atoms with E-state index in [1.165, 1.54) is 6.33 Å². The van der Waals surface area contributed by atoms with Gasteiger partial charge >= 0.3 is 0 Å². The fraction of sp³-hybridized carbons (Fsp3) is 0.211. The van der Waals surface area contributed by atoms with E-state index in [9.17, 15) is 4.79 Å². The zero-order valence-corrected chi connectivity index (χ0v) is 15.2. The smallest absolute Gasteiger partial charge is 0.261 e. The minimum atomic E-state index is -0.660. The lowest BCUT2D eigenvalue weighted by Crippen LogP contribution is -2.37. The number of rotatable bonds is 6. The summed E-state index contributed by atoms with van der Waals surface area (Å²) in [6.07, 6.45) is 2.46. The summed E-state index contributed by atoms with van der Waals surface area (Å²) in [5.41, 5.74) is 1.88. The molecule has 0 aliphatic carbocycles. The molecule has 0 fully saturated rings. The Labute approximate surface area is 156 Å². The number of amides is 1. The highest BCUT2D eigenvalue weighted by Gasteiger charge is 2.18. The zero-order chi connectivity index (χ0) is 18.5. The molecule has 3 aromatic rings. The SMILES string of the molecule is CC(Oc1ccccc1Cl)C(=O)NC(C)c1ccc(-n2cncn2)cc1. The number of para-hydroxylation sites is 1. The lowest BCUT2D eigenvalue weighted by molar-refractivity contribution is -0.127. The Kier molecular flexibility index (Phi) is 5.53. The summed E-state index contributed by atoms with van der Waals surface area (Å²) in [5.74, 6) is 0.277. The van der Waals surface area contributed by atoms with Crippen LogP contribution in [0.4, 0.5) is 0 Å². The first kappa shape index (κ1) is 17.9. The molecule has 6 nitrogen and oxygen atoms in total. The van der Waals surface area contributed by atoms with Crippen molar-refractivity contribution in [1.29, 1.82) is 0 Å². The van der Waals surface area contributed by atoms with Crippen LogP contribution in [0.5, 0.6) is 5.75 Å². The first-order chi connectivity index (χ1) is 12.5. The normalized spacial score (nSPS) is 13.0. The molecule has 1 amide bonds. The average Bonchev–Trinajstić information content (AvgIpc) is 3.18. The quantitative estimate of drug-likeness (QED) is 0.720. The topological polar surface area (TPSA) is 69.0 Å². The molecule has 134 valence electrons. The van der Waals surface area contributed by atoms with Crippen molar-refractivity contribution in [2.45, 2.75) is 26.0 Å². The van der Waals surface area contributed by atoms with E-state index < -0.39 is 6.10 Å². The number of nitrogens with one attached hydrogen (secondary N) is 1. The van der Waals surface area contributed by atoms with Crippen LogP contribution in [0.15, 0.2) is 61.2 Å². The number of hydrogen-bond donors (Lipinski definition) is 1. The summed E-state index contributed by atoms with van der Waals surface area (Å²) in [5, 5.41) is 7.51. The zero-order valence-electron chi connectivity index (χ0n) is 14.5. The van der Waals surface area contributed by atoms with Gasteiger partial charge in [-0.1, -0.05) is 35.9 Å². The van der Waals surface area contributed by atoms with Crippen LogP contribution in [0.2, 0.25) is 5.02 Å². The highest BCUT2D eigenvalue weighted by atomic mass is 35.5. The molecule has 1 heterocycles. The minimum Gasteiger partial charge on any atom is -0.479 e. The number of benzene rings is 2. The van der Waals surface area contributed by atoms with E-state index in [-0.39, 0.29) is 11.9 Å². The Bertz CT molecular complexity index is 866. The predicted octanol–water partition coefficient (Wildman–Crippen LogP) is 3.57. The summed E-state index contributed by atoms with van der Waals surface area (Å²) in [6.45, 7) is 3.61. The molecule has 0 saturated carbocycles. The van der Waals surface area contributed by atoms with Gasteiger partial charge in [0.15, 0.2) is 6.10 Å². The Morgan fingerprint density at radius 2 is 1.88 bits per heavy atom. The van der Waals surface area contributed by atoms with Gasteiger partial charge in [-0.2, -0.15) is 5.10 Å². The number of aromatic nitrogens is 3. The minimum absolute atomic E-state index is 0.162. The van der Waals surface area contributed by atoms with Crippen molar-refractivity contribution in [1.82, 2.24) is 20.1 Å². The molecule has 2 aromatic carbocycles. The maximum Gasteiger partial charge on any atom is 0.261 e. The fourth-order valence-electron chi connectivity index (χ4n) is 2.46. The lowest BCUT2D eigenvalue weighted by Gasteiger charge is -2.19. The Morgan fingerprint density at radius 1 is 1.15 bits per heavy atom. The molecule has 1 aromatic heterocycles. The summed E-state index contributed by atoms with van der Waals surface area (Å²) in [7, 11) is 0. The number of nitrogens with zero attached hydrogens (tertiary/aromatic N) is 3. The van der Waals surface area contributed by atoms with E-state index >= 15 is 0 Å². The van der Waals surface area contributed by atoms with Crippen molar-refractivity contribution in [3.8, 4) is 11.4 Å². The second-order valence-corrected chi connectivity index (χ2v) is 6.26. The van der Waals surface area contributed by atoms with Gasteiger partial charge in [0.2, 0.25) is 0 Å². The lowest BCUT2D eigenvalue weighted by atomic mass is 10.1. The van der Waals surface area contributed by atoms with Gasteiger partial charge in [0.1, 0.15) is 18.4 Å². The number of ether oxygens (including phenoxy) is 1. The first-order valence-corrected chi connectivity index (χ1v) is 8.59. The molecule has 0 bridgehead atoms. The van der Waals surface area contributed by atoms with Gasteiger partial charge in [-0.25, -0.2) is 9.67 Å². The van der Waals surface area contributed by atoms with E-state index in [0.717, 1.165) is 11.3 Å². The molecule has 2 atom stereocenters. The van der Waals surface area contributed by atoms with E-state index in [0.29, 0.717) is 10.8 Å². The van der Waals surface area contributed by atoms with Crippen LogP contribution in [-0.2, 0) is 4.79 Å². The van der Waals surface area contributed by atoms with Crippen molar-refractivity contribution in [2.75, 3.05) is 0 Å². The van der Waals surface area contributed by atoms with Gasteiger partial charge in [0.25, 0.3) is 5.91 Å². The third-order valence-electron chi connectivity index (χ3n) is 3.94. The van der Waals surface area contributed by atoms with E-state index in [1.807, 2.05) is 43.3 Å². The summed E-state index contributed by atoms with van der Waals surface area (Å²) in [6, 6.07) is 14.7. The molecule has 26 heavy (non-hydrogen) atoms. The third-order valence-corrected chi connectivity index (χ3v) is 4.26. The van der Waals surface area contributed by atoms with Crippen LogP contribution in [0.3, 0.4) is 0 Å². The molecular weight excluding hydrogens is 352 g/mol. The molecule has 1 N–H and O–H groups in total. The molecule has 0 spiro atoms. The molecule has 0 aliphatic rings. The average molecular weight is 371 g/mol. The monoisotopic (exact) mass is 370 g/mol. The molecule has 0 saturated heterocycles. The van der Waals surface area contributed by atoms with Crippen molar-refractivity contribution in [3.63, 3.8) is 0 Å². The van der Waals surface area contributed by atoms with Gasteiger partial charge in [0, 0.05) is 0 Å². The summed E-state index contributed by atoms with van der Waals surface area (Å²) in [4.78, 5) is 16.3. The van der Waals surface area contributed by atoms with Crippen molar-refractivity contribution >= 4 is 17.5 Å². The van der Waals surface area contributed by atoms with E-state index in [2.05, 4.69) is 15.4 Å². The van der Waals surface area contributed by atoms with Gasteiger partial charge < -0.3 is 10.1 Å². The Morgan fingerprint density at radius 3 is 2.54 bits per heavy atom. The highest BCUT2D eigenvalue weighted by molar-refractivity contribution is 6.32. The van der Waals surface area contributed by atoms with Crippen molar-refractivity contribution in [3.05, 3.63) is 71.8 Å². The molecule has 2 unspecified atom stereocenters. The maximum absolute atomic E-state index is 12.4. The van der Waals surface area contributed by atoms with Gasteiger partial charge in [0.05, 0.1) is 16.8 Å². The summed E-state index contributed by atoms with van der Waals surface area (Å²) >= 11 is 6.06. The van der Waals surface area contributed by atoms with Crippen LogP contribution in [0.25, 0.3) is 5.69 Å².